The second-order valence-electron chi connectivity index (χ2n) is 3.28. The molecule has 3 heteroatoms. The summed E-state index contributed by atoms with van der Waals surface area (Å²) in [6, 6.07) is 5.54. The third-order valence-corrected chi connectivity index (χ3v) is 2.19. The third-order valence-electron chi connectivity index (χ3n) is 2.19. The summed E-state index contributed by atoms with van der Waals surface area (Å²) in [6.45, 7) is 5.30. The normalized spacial score (nSPS) is 12.2. The van der Waals surface area contributed by atoms with Gasteiger partial charge in [-0.1, -0.05) is 12.1 Å². The molecule has 0 saturated carbocycles. The standard InChI is InChI=1S/C11H14O3/c1-7-5-4-6-10(8(7)2)14-9(3)11(12)13/h4-6,9H,1-3H3,(H,12,13)/p-1/t9-/m0/s1. The molecular formula is C11H13O3-. The highest BCUT2D eigenvalue weighted by molar-refractivity contribution is 5.70. The fraction of sp³-hybridized carbons (Fsp3) is 0.364. The Bertz CT molecular complexity index is 344. The molecule has 0 N–H and O–H groups in total. The number of ether oxygens (including phenoxy) is 1. The number of hydrogen-bond donors (Lipinski definition) is 0. The van der Waals surface area contributed by atoms with Crippen LogP contribution in [0.1, 0.15) is 18.1 Å². The van der Waals surface area contributed by atoms with E-state index in [1.54, 1.807) is 6.07 Å². The van der Waals surface area contributed by atoms with Gasteiger partial charge in [0.25, 0.3) is 0 Å². The Morgan fingerprint density at radius 1 is 1.43 bits per heavy atom. The lowest BCUT2D eigenvalue weighted by Gasteiger charge is -2.17. The second-order valence-corrected chi connectivity index (χ2v) is 3.28. The number of carbonyl (C=O) groups excluding carboxylic acids is 1. The fourth-order valence-electron chi connectivity index (χ4n) is 1.09. The summed E-state index contributed by atoms with van der Waals surface area (Å²) in [4.78, 5) is 10.5. The summed E-state index contributed by atoms with van der Waals surface area (Å²) in [5, 5.41) is 10.5. The Hall–Kier alpha value is -1.51. The minimum atomic E-state index is -1.20. The molecule has 0 fully saturated rings. The number of carboxylic acids is 1. The van der Waals surface area contributed by atoms with Gasteiger partial charge in [-0.15, -0.1) is 0 Å². The highest BCUT2D eigenvalue weighted by atomic mass is 16.5. The Balaban J connectivity index is 2.87. The molecule has 0 aliphatic rings. The average Bonchev–Trinajstić information content (AvgIpc) is 2.12. The van der Waals surface area contributed by atoms with E-state index in [2.05, 4.69) is 0 Å². The number of aryl methyl sites for hydroxylation is 1. The van der Waals surface area contributed by atoms with Gasteiger partial charge in [0, 0.05) is 0 Å². The monoisotopic (exact) mass is 193 g/mol. The van der Waals surface area contributed by atoms with Crippen LogP contribution in [0.15, 0.2) is 18.2 Å². The van der Waals surface area contributed by atoms with E-state index < -0.39 is 12.1 Å². The van der Waals surface area contributed by atoms with Crippen LogP contribution in [0.2, 0.25) is 0 Å². The number of hydrogen-bond acceptors (Lipinski definition) is 3. The fourth-order valence-corrected chi connectivity index (χ4v) is 1.09. The van der Waals surface area contributed by atoms with E-state index in [4.69, 9.17) is 4.74 Å². The van der Waals surface area contributed by atoms with E-state index in [-0.39, 0.29) is 0 Å². The molecule has 0 heterocycles. The van der Waals surface area contributed by atoms with Crippen molar-refractivity contribution in [3.8, 4) is 5.75 Å². The Kier molecular flexibility index (Phi) is 3.12. The van der Waals surface area contributed by atoms with Crippen LogP contribution in [0.3, 0.4) is 0 Å². The van der Waals surface area contributed by atoms with Gasteiger partial charge in [0.15, 0.2) is 0 Å². The summed E-state index contributed by atoms with van der Waals surface area (Å²) in [7, 11) is 0. The predicted molar refractivity (Wildman–Crippen MR) is 51.0 cm³/mol. The quantitative estimate of drug-likeness (QED) is 0.714. The number of carbonyl (C=O) groups is 1. The number of carboxylic acid groups (broad SMARTS) is 1. The van der Waals surface area contributed by atoms with Crippen LogP contribution >= 0.6 is 0 Å². The number of aliphatic carboxylic acids is 1. The number of benzene rings is 1. The molecule has 1 rings (SSSR count). The molecular weight excluding hydrogens is 180 g/mol. The molecule has 0 aliphatic carbocycles. The summed E-state index contributed by atoms with van der Waals surface area (Å²) in [5.74, 6) is -0.604. The van der Waals surface area contributed by atoms with Crippen LogP contribution in [-0.4, -0.2) is 12.1 Å². The summed E-state index contributed by atoms with van der Waals surface area (Å²) < 4.78 is 5.23. The van der Waals surface area contributed by atoms with Gasteiger partial charge in [0.1, 0.15) is 11.9 Å². The van der Waals surface area contributed by atoms with E-state index >= 15 is 0 Å². The first-order valence-electron chi connectivity index (χ1n) is 4.46. The molecule has 0 aliphatic heterocycles. The second kappa shape index (κ2) is 4.13. The van der Waals surface area contributed by atoms with Crippen LogP contribution in [0.4, 0.5) is 0 Å². The van der Waals surface area contributed by atoms with E-state index in [1.165, 1.54) is 6.92 Å². The molecule has 0 radical (unpaired) electrons. The van der Waals surface area contributed by atoms with Crippen molar-refractivity contribution >= 4 is 5.97 Å². The van der Waals surface area contributed by atoms with Crippen LogP contribution in [-0.2, 0) is 4.79 Å². The van der Waals surface area contributed by atoms with Gasteiger partial charge in [-0.25, -0.2) is 0 Å². The molecule has 0 spiro atoms. The molecule has 3 nitrogen and oxygen atoms in total. The summed E-state index contributed by atoms with van der Waals surface area (Å²) >= 11 is 0. The van der Waals surface area contributed by atoms with Crippen LogP contribution < -0.4 is 9.84 Å². The maximum Gasteiger partial charge on any atom is 0.135 e. The third kappa shape index (κ3) is 2.25. The molecule has 0 bridgehead atoms. The molecule has 1 atom stereocenters. The average molecular weight is 193 g/mol. The zero-order valence-corrected chi connectivity index (χ0v) is 8.53. The van der Waals surface area contributed by atoms with Crippen molar-refractivity contribution in [3.63, 3.8) is 0 Å². The maximum atomic E-state index is 10.5. The zero-order chi connectivity index (χ0) is 10.7. The van der Waals surface area contributed by atoms with Crippen LogP contribution in [0, 0.1) is 13.8 Å². The highest BCUT2D eigenvalue weighted by Gasteiger charge is 2.07. The molecule has 1 aromatic carbocycles. The minimum Gasteiger partial charge on any atom is -0.546 e. The summed E-state index contributed by atoms with van der Waals surface area (Å²) in [6.07, 6.45) is -0.921. The smallest absolute Gasteiger partial charge is 0.135 e. The van der Waals surface area contributed by atoms with Gasteiger partial charge < -0.3 is 14.6 Å². The van der Waals surface area contributed by atoms with Crippen molar-refractivity contribution < 1.29 is 14.6 Å². The largest absolute Gasteiger partial charge is 0.546 e. The first-order chi connectivity index (χ1) is 6.52. The van der Waals surface area contributed by atoms with Gasteiger partial charge in [-0.3, -0.25) is 0 Å². The molecule has 76 valence electrons. The lowest BCUT2D eigenvalue weighted by Crippen LogP contribution is -2.37. The minimum absolute atomic E-state index is 0.599. The zero-order valence-electron chi connectivity index (χ0n) is 8.53. The van der Waals surface area contributed by atoms with Gasteiger partial charge in [-0.2, -0.15) is 0 Å². The molecule has 0 aromatic heterocycles. The first-order valence-corrected chi connectivity index (χ1v) is 4.46. The molecule has 1 aromatic rings. The van der Waals surface area contributed by atoms with E-state index in [1.807, 2.05) is 26.0 Å². The molecule has 14 heavy (non-hydrogen) atoms. The van der Waals surface area contributed by atoms with Gasteiger partial charge >= 0.3 is 0 Å². The van der Waals surface area contributed by atoms with Crippen molar-refractivity contribution in [2.45, 2.75) is 26.9 Å². The van der Waals surface area contributed by atoms with Gasteiger partial charge in [-0.05, 0) is 38.0 Å². The van der Waals surface area contributed by atoms with Crippen molar-refractivity contribution in [2.24, 2.45) is 0 Å². The Morgan fingerprint density at radius 2 is 2.07 bits per heavy atom. The lowest BCUT2D eigenvalue weighted by atomic mass is 10.1. The SMILES string of the molecule is Cc1cccc(O[C@@H](C)C(=O)[O-])c1C. The number of rotatable bonds is 3. The van der Waals surface area contributed by atoms with Gasteiger partial charge in [0.2, 0.25) is 0 Å². The Morgan fingerprint density at radius 3 is 2.64 bits per heavy atom. The van der Waals surface area contributed by atoms with Gasteiger partial charge in [0.05, 0.1) is 5.97 Å². The predicted octanol–water partition coefficient (Wildman–Crippen LogP) is 0.821. The topological polar surface area (TPSA) is 49.4 Å². The van der Waals surface area contributed by atoms with E-state index in [0.29, 0.717) is 5.75 Å². The van der Waals surface area contributed by atoms with Crippen molar-refractivity contribution in [2.75, 3.05) is 0 Å². The Labute approximate surface area is 83.3 Å². The van der Waals surface area contributed by atoms with Crippen molar-refractivity contribution in [3.05, 3.63) is 29.3 Å². The first kappa shape index (κ1) is 10.6. The highest BCUT2D eigenvalue weighted by Crippen LogP contribution is 2.21. The molecule has 0 amide bonds. The van der Waals surface area contributed by atoms with Crippen molar-refractivity contribution in [1.82, 2.24) is 0 Å². The molecule has 0 unspecified atom stereocenters. The van der Waals surface area contributed by atoms with Crippen LogP contribution in [0.5, 0.6) is 5.75 Å². The van der Waals surface area contributed by atoms with Crippen molar-refractivity contribution in [1.29, 1.82) is 0 Å². The molecule has 0 saturated heterocycles. The van der Waals surface area contributed by atoms with E-state index in [0.717, 1.165) is 11.1 Å². The maximum absolute atomic E-state index is 10.5. The van der Waals surface area contributed by atoms with Crippen LogP contribution in [0.25, 0.3) is 0 Å². The van der Waals surface area contributed by atoms with E-state index in [9.17, 15) is 9.90 Å². The lowest BCUT2D eigenvalue weighted by molar-refractivity contribution is -0.312. The summed E-state index contributed by atoms with van der Waals surface area (Å²) in [5.41, 5.74) is 2.04.